The van der Waals surface area contributed by atoms with E-state index in [2.05, 4.69) is 5.32 Å². The van der Waals surface area contributed by atoms with Gasteiger partial charge in [0.05, 0.1) is 11.4 Å². The number of hydrogen-bond donors (Lipinski definition) is 5. The van der Waals surface area contributed by atoms with Crippen LogP contribution in [-0.2, 0) is 9.53 Å². The van der Waals surface area contributed by atoms with E-state index in [0.717, 1.165) is 17.8 Å². The van der Waals surface area contributed by atoms with Crippen molar-refractivity contribution >= 4 is 17.7 Å². The van der Waals surface area contributed by atoms with E-state index in [4.69, 9.17) is 15.6 Å². The van der Waals surface area contributed by atoms with Crippen LogP contribution in [0.25, 0.3) is 0 Å². The first-order chi connectivity index (χ1) is 8.54. The molecule has 0 amide bonds. The average molecular weight is 276 g/mol. The molecular weight excluding hydrogens is 260 g/mol. The van der Waals surface area contributed by atoms with Gasteiger partial charge >= 0.3 is 5.97 Å². The fourth-order valence-electron chi connectivity index (χ4n) is 1.32. The molecule has 1 rings (SSSR count). The maximum Gasteiger partial charge on any atom is 0.370 e. The molecule has 102 valence electrons. The lowest BCUT2D eigenvalue weighted by Crippen LogP contribution is -2.35. The number of aliphatic carboxylic acids is 1. The van der Waals surface area contributed by atoms with Crippen molar-refractivity contribution in [3.05, 3.63) is 24.2 Å². The number of thioether (sulfide) groups is 1. The lowest BCUT2D eigenvalue weighted by atomic mass is 10.2. The van der Waals surface area contributed by atoms with Crippen LogP contribution in [0.5, 0.6) is 0 Å². The second-order valence-electron chi connectivity index (χ2n) is 3.53. The Bertz CT molecular complexity index is 347. The maximum atomic E-state index is 10.6. The number of nitrogens with one attached hydrogen (secondary N) is 1. The fourth-order valence-corrected chi connectivity index (χ4v) is 2.30. The average Bonchev–Trinajstić information content (AvgIpc) is 2.32. The number of carboxylic acids is 1. The summed E-state index contributed by atoms with van der Waals surface area (Å²) >= 11 is 1.10. The zero-order valence-corrected chi connectivity index (χ0v) is 10.3. The van der Waals surface area contributed by atoms with Crippen LogP contribution in [0.15, 0.2) is 24.2 Å². The molecule has 0 bridgehead atoms. The molecule has 0 saturated heterocycles. The molecule has 0 aromatic carbocycles. The second kappa shape index (κ2) is 7.14. The summed E-state index contributed by atoms with van der Waals surface area (Å²) in [6, 6.07) is 0. The Labute approximate surface area is 108 Å². The minimum Gasteiger partial charge on any atom is -0.485 e. The Kier molecular flexibility index (Phi) is 5.83. The zero-order chi connectivity index (χ0) is 13.5. The van der Waals surface area contributed by atoms with Gasteiger partial charge in [-0.05, 0) is 6.08 Å². The summed E-state index contributed by atoms with van der Waals surface area (Å²) in [5.74, 6) is -1.48. The van der Waals surface area contributed by atoms with E-state index < -0.39 is 22.8 Å². The van der Waals surface area contributed by atoms with Crippen LogP contribution in [0, 0.1) is 0 Å². The molecule has 0 saturated carbocycles. The summed E-state index contributed by atoms with van der Waals surface area (Å²) in [5.41, 5.74) is 4.35. The molecule has 7 nitrogen and oxygen atoms in total. The van der Waals surface area contributed by atoms with Crippen LogP contribution in [0.4, 0.5) is 0 Å². The highest BCUT2D eigenvalue weighted by atomic mass is 32.2. The van der Waals surface area contributed by atoms with Crippen LogP contribution < -0.4 is 11.1 Å². The van der Waals surface area contributed by atoms with Gasteiger partial charge in [0.1, 0.15) is 12.0 Å². The third-order valence-electron chi connectivity index (χ3n) is 2.16. The van der Waals surface area contributed by atoms with Gasteiger partial charge in [-0.2, -0.15) is 0 Å². The van der Waals surface area contributed by atoms with Gasteiger partial charge in [0.2, 0.25) is 5.76 Å². The zero-order valence-electron chi connectivity index (χ0n) is 9.52. The van der Waals surface area contributed by atoms with E-state index in [1.54, 1.807) is 0 Å². The van der Waals surface area contributed by atoms with Crippen LogP contribution >= 0.6 is 11.8 Å². The third-order valence-corrected chi connectivity index (χ3v) is 3.40. The number of carboxylic acid groups (broad SMARTS) is 1. The highest BCUT2D eigenvalue weighted by molar-refractivity contribution is 8.00. The molecule has 3 atom stereocenters. The minimum atomic E-state index is -1.22. The second-order valence-corrected chi connectivity index (χ2v) is 4.96. The van der Waals surface area contributed by atoms with Crippen molar-refractivity contribution in [3.8, 4) is 0 Å². The lowest BCUT2D eigenvalue weighted by Gasteiger charge is -2.27. The summed E-state index contributed by atoms with van der Waals surface area (Å²) in [4.78, 5) is 10.6. The van der Waals surface area contributed by atoms with Crippen molar-refractivity contribution in [2.75, 3.05) is 13.2 Å². The van der Waals surface area contributed by atoms with Crippen molar-refractivity contribution in [2.45, 2.75) is 16.8 Å². The van der Waals surface area contributed by atoms with Crippen LogP contribution in [-0.4, -0.2) is 51.2 Å². The monoisotopic (exact) mass is 276 g/mol. The van der Waals surface area contributed by atoms with Crippen LogP contribution in [0.2, 0.25) is 0 Å². The Hall–Kier alpha value is -1.38. The van der Waals surface area contributed by atoms with Gasteiger partial charge in [-0.3, -0.25) is 0 Å². The van der Waals surface area contributed by atoms with E-state index in [9.17, 15) is 15.0 Å². The maximum absolute atomic E-state index is 10.6. The molecule has 3 unspecified atom stereocenters. The van der Waals surface area contributed by atoms with Crippen molar-refractivity contribution in [1.82, 2.24) is 5.32 Å². The minimum absolute atomic E-state index is 0.0355. The lowest BCUT2D eigenvalue weighted by molar-refractivity contribution is -0.137. The highest BCUT2D eigenvalue weighted by Gasteiger charge is 2.29. The first-order valence-electron chi connectivity index (χ1n) is 5.24. The molecule has 0 radical (unpaired) electrons. The normalized spacial score (nSPS) is 25.3. The Morgan fingerprint density at radius 1 is 1.78 bits per heavy atom. The quantitative estimate of drug-likeness (QED) is 0.383. The molecule has 0 aliphatic carbocycles. The van der Waals surface area contributed by atoms with Crippen molar-refractivity contribution < 1.29 is 24.9 Å². The number of hydrogen-bond acceptors (Lipinski definition) is 7. The van der Waals surface area contributed by atoms with Gasteiger partial charge in [0.15, 0.2) is 0 Å². The highest BCUT2D eigenvalue weighted by Crippen LogP contribution is 2.25. The number of aliphatic hydroxyl groups is 2. The molecule has 1 aliphatic heterocycles. The SMILES string of the molecule is N/C=C\NCC(O)SC1COC(C(=O)O)=CC1O. The smallest absolute Gasteiger partial charge is 0.370 e. The summed E-state index contributed by atoms with van der Waals surface area (Å²) in [7, 11) is 0. The summed E-state index contributed by atoms with van der Waals surface area (Å²) < 4.78 is 4.96. The van der Waals surface area contributed by atoms with Crippen LogP contribution in [0.1, 0.15) is 0 Å². The largest absolute Gasteiger partial charge is 0.485 e. The molecule has 1 aliphatic rings. The van der Waals surface area contributed by atoms with E-state index in [-0.39, 0.29) is 18.9 Å². The molecule has 8 heteroatoms. The molecule has 0 aromatic rings. The molecule has 0 aromatic heterocycles. The number of ether oxygens (including phenoxy) is 1. The molecule has 18 heavy (non-hydrogen) atoms. The van der Waals surface area contributed by atoms with Gasteiger partial charge in [-0.25, -0.2) is 4.79 Å². The van der Waals surface area contributed by atoms with Gasteiger partial charge in [-0.1, -0.05) is 0 Å². The van der Waals surface area contributed by atoms with E-state index in [0.29, 0.717) is 0 Å². The first kappa shape index (κ1) is 14.7. The predicted molar refractivity (Wildman–Crippen MR) is 66.4 cm³/mol. The fraction of sp³-hybridized carbons (Fsp3) is 0.500. The van der Waals surface area contributed by atoms with Gasteiger partial charge in [0.25, 0.3) is 0 Å². The molecule has 6 N–H and O–H groups in total. The van der Waals surface area contributed by atoms with Crippen molar-refractivity contribution in [1.29, 1.82) is 0 Å². The van der Waals surface area contributed by atoms with Gasteiger partial charge in [-0.15, -0.1) is 11.8 Å². The Morgan fingerprint density at radius 2 is 2.50 bits per heavy atom. The predicted octanol–water partition coefficient (Wildman–Crippen LogP) is -1.21. The number of rotatable bonds is 6. The molecule has 0 fully saturated rings. The molecule has 1 heterocycles. The van der Waals surface area contributed by atoms with Gasteiger partial charge < -0.3 is 31.1 Å². The standard InChI is InChI=1S/C10H16N2O5S/c11-1-2-12-4-9(14)18-8-5-17-7(10(15)16)3-6(8)13/h1-3,6,8-9,12-14H,4-5,11H2,(H,15,16)/b2-1-. The van der Waals surface area contributed by atoms with E-state index in [1.807, 2.05) is 0 Å². The topological polar surface area (TPSA) is 125 Å². The Morgan fingerprint density at radius 3 is 3.06 bits per heavy atom. The first-order valence-corrected chi connectivity index (χ1v) is 6.18. The molecule has 0 spiro atoms. The summed E-state index contributed by atoms with van der Waals surface area (Å²) in [6.45, 7) is 0.296. The third kappa shape index (κ3) is 4.47. The van der Waals surface area contributed by atoms with E-state index in [1.165, 1.54) is 12.4 Å². The number of nitrogens with two attached hydrogens (primary N) is 1. The van der Waals surface area contributed by atoms with Gasteiger partial charge in [0, 0.05) is 18.9 Å². The summed E-state index contributed by atoms with van der Waals surface area (Å²) in [5, 5.41) is 30.4. The molecular formula is C10H16N2O5S. The van der Waals surface area contributed by atoms with Crippen molar-refractivity contribution in [3.63, 3.8) is 0 Å². The Balaban J connectivity index is 2.42. The van der Waals surface area contributed by atoms with E-state index >= 15 is 0 Å². The van der Waals surface area contributed by atoms with Crippen molar-refractivity contribution in [2.24, 2.45) is 5.73 Å². The van der Waals surface area contributed by atoms with Crippen LogP contribution in [0.3, 0.4) is 0 Å². The summed E-state index contributed by atoms with van der Waals surface area (Å²) in [6.07, 6.45) is 2.95. The number of carbonyl (C=O) groups is 1. The number of aliphatic hydroxyl groups excluding tert-OH is 2.